The zero-order valence-electron chi connectivity index (χ0n) is 11.9. The number of phenols is 1. The number of para-hydroxylation sites is 2. The molecule has 24 heavy (non-hydrogen) atoms. The summed E-state index contributed by atoms with van der Waals surface area (Å²) in [4.78, 5) is 15.8. The van der Waals surface area contributed by atoms with Gasteiger partial charge in [0.1, 0.15) is 16.2 Å². The van der Waals surface area contributed by atoms with Crippen LogP contribution >= 0.6 is 56.9 Å². The van der Waals surface area contributed by atoms with Gasteiger partial charge >= 0.3 is 5.97 Å². The molecule has 2 aromatic carbocycles. The lowest BCUT2D eigenvalue weighted by atomic mass is 10.2. The normalized spacial score (nSPS) is 11.8. The van der Waals surface area contributed by atoms with Gasteiger partial charge in [-0.2, -0.15) is 0 Å². The second-order valence-corrected chi connectivity index (χ2v) is 8.09. The second kappa shape index (κ2) is 7.31. The van der Waals surface area contributed by atoms with E-state index in [1.54, 1.807) is 18.2 Å². The van der Waals surface area contributed by atoms with Crippen LogP contribution in [0.5, 0.6) is 5.75 Å². The largest absolute Gasteiger partial charge is 0.506 e. The van der Waals surface area contributed by atoms with Crippen molar-refractivity contribution in [2.24, 2.45) is 0 Å². The highest BCUT2D eigenvalue weighted by Crippen LogP contribution is 2.34. The maximum absolute atomic E-state index is 11.6. The Hall–Kier alpha value is -1.27. The highest BCUT2D eigenvalue weighted by atomic mass is 127. The molecule has 0 bridgehead atoms. The number of thioether (sulfide) groups is 1. The summed E-state index contributed by atoms with van der Waals surface area (Å²) in [6.07, 6.45) is 1.42. The van der Waals surface area contributed by atoms with Crippen LogP contribution in [0.2, 0.25) is 0 Å². The Morgan fingerprint density at radius 2 is 2.00 bits per heavy atom. The zero-order valence-corrected chi connectivity index (χ0v) is 17.0. The first-order valence-corrected chi connectivity index (χ1v) is 9.58. The highest BCUT2D eigenvalue weighted by molar-refractivity contribution is 14.1. The van der Waals surface area contributed by atoms with E-state index in [4.69, 9.17) is 4.42 Å². The van der Waals surface area contributed by atoms with Gasteiger partial charge in [0, 0.05) is 9.13 Å². The topological polar surface area (TPSA) is 83.6 Å². The summed E-state index contributed by atoms with van der Waals surface area (Å²) in [5.74, 6) is -1.07. The molecule has 2 N–H and O–H groups in total. The van der Waals surface area contributed by atoms with Crippen molar-refractivity contribution in [3.05, 3.63) is 54.0 Å². The van der Waals surface area contributed by atoms with Crippen LogP contribution in [-0.4, -0.2) is 21.2 Å². The molecule has 0 unspecified atom stereocenters. The van der Waals surface area contributed by atoms with Crippen LogP contribution in [0, 0.1) is 7.14 Å². The van der Waals surface area contributed by atoms with Gasteiger partial charge in [0.15, 0.2) is 5.58 Å². The Balaban J connectivity index is 1.99. The summed E-state index contributed by atoms with van der Waals surface area (Å²) in [6, 6.07) is 10.7. The fourth-order valence-electron chi connectivity index (χ4n) is 1.96. The third-order valence-electron chi connectivity index (χ3n) is 3.03. The fraction of sp³-hybridized carbons (Fsp3) is 0. The van der Waals surface area contributed by atoms with E-state index in [1.165, 1.54) is 6.08 Å². The molecule has 3 rings (SSSR count). The first-order chi connectivity index (χ1) is 11.4. The van der Waals surface area contributed by atoms with E-state index in [1.807, 2.05) is 40.8 Å². The number of halogens is 2. The zero-order chi connectivity index (χ0) is 17.3. The van der Waals surface area contributed by atoms with Crippen molar-refractivity contribution >= 4 is 80.1 Å². The van der Waals surface area contributed by atoms with Crippen LogP contribution in [-0.2, 0) is 4.79 Å². The number of benzene rings is 2. The molecule has 0 aliphatic rings. The van der Waals surface area contributed by atoms with Crippen LogP contribution in [0.15, 0.2) is 50.9 Å². The quantitative estimate of drug-likeness (QED) is 0.265. The van der Waals surface area contributed by atoms with Crippen molar-refractivity contribution in [3.8, 4) is 5.75 Å². The summed E-state index contributed by atoms with van der Waals surface area (Å²) in [5, 5.41) is 19.8. The number of hydrogen-bond acceptors (Lipinski definition) is 5. The van der Waals surface area contributed by atoms with Gasteiger partial charge in [0.2, 0.25) is 0 Å². The SMILES string of the molecule is O=C(O)/C(=C/c1cc(I)cc(I)c1O)Sc1nc2ccccc2o1. The summed E-state index contributed by atoms with van der Waals surface area (Å²) in [5.41, 5.74) is 1.69. The van der Waals surface area contributed by atoms with Crippen molar-refractivity contribution in [2.45, 2.75) is 5.22 Å². The van der Waals surface area contributed by atoms with E-state index in [0.717, 1.165) is 15.3 Å². The lowest BCUT2D eigenvalue weighted by Crippen LogP contribution is -1.97. The molecule has 0 aliphatic heterocycles. The van der Waals surface area contributed by atoms with Crippen LogP contribution in [0.4, 0.5) is 0 Å². The van der Waals surface area contributed by atoms with E-state index in [-0.39, 0.29) is 15.9 Å². The molecule has 0 atom stereocenters. The molecule has 5 nitrogen and oxygen atoms in total. The van der Waals surface area contributed by atoms with E-state index >= 15 is 0 Å². The molecule has 0 radical (unpaired) electrons. The van der Waals surface area contributed by atoms with E-state index in [9.17, 15) is 15.0 Å². The standard InChI is InChI=1S/C16H9I2NO4S/c17-9-5-8(14(20)10(18)7-9)6-13(15(21)22)24-16-19-11-3-1-2-4-12(11)23-16/h1-7,20H,(H,21,22)/b13-6-. The lowest BCUT2D eigenvalue weighted by molar-refractivity contribution is -0.131. The number of oxazole rings is 1. The van der Waals surface area contributed by atoms with Crippen LogP contribution in [0.1, 0.15) is 5.56 Å². The minimum atomic E-state index is -1.12. The maximum atomic E-state index is 11.6. The Labute approximate surface area is 168 Å². The van der Waals surface area contributed by atoms with Gasteiger partial charge in [-0.15, -0.1) is 0 Å². The van der Waals surface area contributed by atoms with Gasteiger partial charge in [-0.1, -0.05) is 12.1 Å². The van der Waals surface area contributed by atoms with Crippen molar-refractivity contribution in [1.29, 1.82) is 0 Å². The van der Waals surface area contributed by atoms with E-state index in [0.29, 0.717) is 20.2 Å². The molecule has 8 heteroatoms. The molecule has 1 aromatic heterocycles. The summed E-state index contributed by atoms with van der Waals surface area (Å²) in [6.45, 7) is 0. The maximum Gasteiger partial charge on any atom is 0.342 e. The Kier molecular flexibility index (Phi) is 5.35. The molecular formula is C16H9I2NO4S. The second-order valence-electron chi connectivity index (χ2n) is 4.69. The first kappa shape index (κ1) is 17.5. The fourth-order valence-corrected chi connectivity index (χ4v) is 4.59. The molecule has 0 aliphatic carbocycles. The number of aliphatic carboxylic acids is 1. The Morgan fingerprint density at radius 1 is 1.25 bits per heavy atom. The molecule has 3 aromatic rings. The molecule has 122 valence electrons. The number of aromatic nitrogens is 1. The minimum absolute atomic E-state index is 0.00894. The molecule has 0 amide bonds. The van der Waals surface area contributed by atoms with Crippen LogP contribution < -0.4 is 0 Å². The molecule has 0 fully saturated rings. The lowest BCUT2D eigenvalue weighted by Gasteiger charge is -2.05. The average molecular weight is 565 g/mol. The highest BCUT2D eigenvalue weighted by Gasteiger charge is 2.16. The number of phenolic OH excluding ortho intramolecular Hbond substituents is 1. The summed E-state index contributed by atoms with van der Waals surface area (Å²) < 4.78 is 7.10. The number of nitrogens with zero attached hydrogens (tertiary/aromatic N) is 1. The minimum Gasteiger partial charge on any atom is -0.506 e. The number of rotatable bonds is 4. The number of carboxylic acid groups (broad SMARTS) is 1. The van der Waals surface area contributed by atoms with Gasteiger partial charge in [-0.3, -0.25) is 0 Å². The number of fused-ring (bicyclic) bond motifs is 1. The predicted octanol–water partition coefficient (Wildman–Crippen LogP) is 4.96. The smallest absolute Gasteiger partial charge is 0.342 e. The molecule has 0 saturated carbocycles. The molecular weight excluding hydrogens is 556 g/mol. The van der Waals surface area contributed by atoms with Crippen LogP contribution in [0.3, 0.4) is 0 Å². The third kappa shape index (κ3) is 3.86. The Bertz CT molecular complexity index is 935. The first-order valence-electron chi connectivity index (χ1n) is 6.60. The Morgan fingerprint density at radius 3 is 2.71 bits per heavy atom. The number of carbonyl (C=O) groups is 1. The number of hydrogen-bond donors (Lipinski definition) is 2. The van der Waals surface area contributed by atoms with Gasteiger partial charge in [0.25, 0.3) is 5.22 Å². The van der Waals surface area contributed by atoms with Gasteiger partial charge < -0.3 is 14.6 Å². The van der Waals surface area contributed by atoms with Crippen molar-refractivity contribution in [2.75, 3.05) is 0 Å². The van der Waals surface area contributed by atoms with Crippen LogP contribution in [0.25, 0.3) is 17.2 Å². The predicted molar refractivity (Wildman–Crippen MR) is 109 cm³/mol. The van der Waals surface area contributed by atoms with Gasteiger partial charge in [-0.25, -0.2) is 9.78 Å². The monoisotopic (exact) mass is 565 g/mol. The van der Waals surface area contributed by atoms with E-state index in [2.05, 4.69) is 27.6 Å². The number of aromatic hydroxyl groups is 1. The third-order valence-corrected chi connectivity index (χ3v) is 5.33. The van der Waals surface area contributed by atoms with Crippen molar-refractivity contribution in [1.82, 2.24) is 4.98 Å². The molecule has 0 saturated heterocycles. The van der Waals surface area contributed by atoms with E-state index < -0.39 is 5.97 Å². The summed E-state index contributed by atoms with van der Waals surface area (Å²) in [7, 11) is 0. The van der Waals surface area contributed by atoms with Gasteiger partial charge in [0.05, 0.1) is 3.57 Å². The molecule has 0 spiro atoms. The average Bonchev–Trinajstić information content (AvgIpc) is 2.93. The molecule has 1 heterocycles. The summed E-state index contributed by atoms with van der Waals surface area (Å²) >= 11 is 5.02. The van der Waals surface area contributed by atoms with Crippen molar-refractivity contribution in [3.63, 3.8) is 0 Å². The van der Waals surface area contributed by atoms with Gasteiger partial charge in [-0.05, 0) is 87.3 Å². The number of carboxylic acids is 1. The van der Waals surface area contributed by atoms with Crippen molar-refractivity contribution < 1.29 is 19.4 Å².